The molecule has 0 aliphatic rings. The first-order chi connectivity index (χ1) is 14.1. The Labute approximate surface area is 179 Å². The van der Waals surface area contributed by atoms with Crippen LogP contribution in [0.15, 0.2) is 78.0 Å². The molecular weight excluding hydrogens is 402 g/mol. The van der Waals surface area contributed by atoms with Gasteiger partial charge in [-0.05, 0) is 48.9 Å². The van der Waals surface area contributed by atoms with Crippen molar-refractivity contribution >= 4 is 23.4 Å². The SMILES string of the molecule is COc1cccc(-c2nnc(SCc3cccc(C)c3)n2-c2ccc(Cl)cc2)c1. The number of nitrogens with zero attached hydrogens (tertiary/aromatic N) is 3. The van der Waals surface area contributed by atoms with Gasteiger partial charge in [0.2, 0.25) is 0 Å². The van der Waals surface area contributed by atoms with E-state index in [1.165, 1.54) is 11.1 Å². The largest absolute Gasteiger partial charge is 0.497 e. The van der Waals surface area contributed by atoms with Crippen LogP contribution < -0.4 is 4.74 Å². The minimum Gasteiger partial charge on any atom is -0.497 e. The zero-order chi connectivity index (χ0) is 20.2. The first-order valence-electron chi connectivity index (χ1n) is 9.18. The third-order valence-corrected chi connectivity index (χ3v) is 5.75. The van der Waals surface area contributed by atoms with Gasteiger partial charge in [0.1, 0.15) is 5.75 Å². The lowest BCUT2D eigenvalue weighted by atomic mass is 10.2. The quantitative estimate of drug-likeness (QED) is 0.347. The van der Waals surface area contributed by atoms with E-state index in [9.17, 15) is 0 Å². The van der Waals surface area contributed by atoms with E-state index in [1.807, 2.05) is 48.5 Å². The molecule has 4 rings (SSSR count). The van der Waals surface area contributed by atoms with Gasteiger partial charge in [-0.15, -0.1) is 10.2 Å². The van der Waals surface area contributed by atoms with Gasteiger partial charge in [0.05, 0.1) is 7.11 Å². The molecular formula is C23H20ClN3OS. The van der Waals surface area contributed by atoms with E-state index < -0.39 is 0 Å². The molecule has 0 amide bonds. The molecule has 0 atom stereocenters. The van der Waals surface area contributed by atoms with Gasteiger partial charge in [-0.2, -0.15) is 0 Å². The standard InChI is InChI=1S/C23H20ClN3OS/c1-16-5-3-6-17(13-16)15-29-23-26-25-22(18-7-4-8-21(14-18)28-2)27(23)20-11-9-19(24)10-12-20/h3-14H,15H2,1-2H3. The van der Waals surface area contributed by atoms with Crippen LogP contribution in [0.25, 0.3) is 17.1 Å². The van der Waals surface area contributed by atoms with Crippen LogP contribution in [0.2, 0.25) is 5.02 Å². The molecule has 1 heterocycles. The lowest BCUT2D eigenvalue weighted by molar-refractivity contribution is 0.415. The highest BCUT2D eigenvalue weighted by molar-refractivity contribution is 7.98. The Hall–Kier alpha value is -2.76. The summed E-state index contributed by atoms with van der Waals surface area (Å²) >= 11 is 7.76. The van der Waals surface area contributed by atoms with Gasteiger partial charge < -0.3 is 4.74 Å². The molecule has 0 fully saturated rings. The first-order valence-corrected chi connectivity index (χ1v) is 10.5. The molecule has 0 aliphatic carbocycles. The smallest absolute Gasteiger partial charge is 0.196 e. The molecule has 0 saturated carbocycles. The van der Waals surface area contributed by atoms with Gasteiger partial charge in [0, 0.05) is 22.0 Å². The van der Waals surface area contributed by atoms with Crippen molar-refractivity contribution in [3.8, 4) is 22.8 Å². The molecule has 0 radical (unpaired) electrons. The number of methoxy groups -OCH3 is 1. The predicted molar refractivity (Wildman–Crippen MR) is 119 cm³/mol. The van der Waals surface area contributed by atoms with Crippen molar-refractivity contribution < 1.29 is 4.74 Å². The van der Waals surface area contributed by atoms with Crippen LogP contribution in [0.5, 0.6) is 5.75 Å². The van der Waals surface area contributed by atoms with Crippen molar-refractivity contribution in [3.63, 3.8) is 0 Å². The summed E-state index contributed by atoms with van der Waals surface area (Å²) < 4.78 is 7.44. The second kappa shape index (κ2) is 8.72. The van der Waals surface area contributed by atoms with Crippen LogP contribution in [-0.2, 0) is 5.75 Å². The van der Waals surface area contributed by atoms with Gasteiger partial charge in [-0.3, -0.25) is 4.57 Å². The molecule has 3 aromatic carbocycles. The fourth-order valence-electron chi connectivity index (χ4n) is 3.09. The van der Waals surface area contributed by atoms with Gasteiger partial charge in [-0.1, -0.05) is 65.3 Å². The summed E-state index contributed by atoms with van der Waals surface area (Å²) in [6, 6.07) is 24.1. The topological polar surface area (TPSA) is 39.9 Å². The molecule has 0 bridgehead atoms. The third-order valence-electron chi connectivity index (χ3n) is 4.50. The fraction of sp³-hybridized carbons (Fsp3) is 0.130. The van der Waals surface area contributed by atoms with E-state index in [2.05, 4.69) is 46.0 Å². The number of ether oxygens (including phenoxy) is 1. The van der Waals surface area contributed by atoms with Crippen molar-refractivity contribution in [1.82, 2.24) is 14.8 Å². The van der Waals surface area contributed by atoms with Gasteiger partial charge in [0.15, 0.2) is 11.0 Å². The normalized spacial score (nSPS) is 10.9. The highest BCUT2D eigenvalue weighted by Crippen LogP contribution is 2.31. The van der Waals surface area contributed by atoms with Gasteiger partial charge >= 0.3 is 0 Å². The summed E-state index contributed by atoms with van der Waals surface area (Å²) in [5.74, 6) is 2.35. The third kappa shape index (κ3) is 4.47. The molecule has 0 aliphatic heterocycles. The van der Waals surface area contributed by atoms with Crippen LogP contribution in [0.1, 0.15) is 11.1 Å². The second-order valence-corrected chi connectivity index (χ2v) is 8.01. The van der Waals surface area contributed by atoms with Crippen molar-refractivity contribution in [2.45, 2.75) is 17.8 Å². The number of hydrogen-bond donors (Lipinski definition) is 0. The van der Waals surface area contributed by atoms with Crippen LogP contribution in [0.3, 0.4) is 0 Å². The Balaban J connectivity index is 1.74. The fourth-order valence-corrected chi connectivity index (χ4v) is 4.11. The van der Waals surface area contributed by atoms with Crippen molar-refractivity contribution in [3.05, 3.63) is 88.9 Å². The maximum atomic E-state index is 6.10. The lowest BCUT2D eigenvalue weighted by Crippen LogP contribution is -2.00. The molecule has 0 spiro atoms. The first kappa shape index (κ1) is 19.6. The van der Waals surface area contributed by atoms with E-state index >= 15 is 0 Å². The Morgan fingerprint density at radius 3 is 2.52 bits per heavy atom. The molecule has 4 nitrogen and oxygen atoms in total. The molecule has 0 saturated heterocycles. The predicted octanol–water partition coefficient (Wildman–Crippen LogP) is 6.20. The van der Waals surface area contributed by atoms with Crippen molar-refractivity contribution in [2.24, 2.45) is 0 Å². The molecule has 6 heteroatoms. The summed E-state index contributed by atoms with van der Waals surface area (Å²) in [5, 5.41) is 10.5. The molecule has 0 unspecified atom stereocenters. The number of halogens is 1. The maximum absolute atomic E-state index is 6.10. The minimum absolute atomic E-state index is 0.693. The van der Waals surface area contributed by atoms with Crippen LogP contribution >= 0.6 is 23.4 Å². The number of benzene rings is 3. The van der Waals surface area contributed by atoms with E-state index in [-0.39, 0.29) is 0 Å². The second-order valence-electron chi connectivity index (χ2n) is 6.63. The number of aryl methyl sites for hydroxylation is 1. The van der Waals surface area contributed by atoms with Crippen LogP contribution in [0.4, 0.5) is 0 Å². The number of rotatable bonds is 6. The van der Waals surface area contributed by atoms with Crippen molar-refractivity contribution in [2.75, 3.05) is 7.11 Å². The highest BCUT2D eigenvalue weighted by Gasteiger charge is 2.17. The lowest BCUT2D eigenvalue weighted by Gasteiger charge is -2.11. The zero-order valence-corrected chi connectivity index (χ0v) is 17.7. The van der Waals surface area contributed by atoms with Gasteiger partial charge in [-0.25, -0.2) is 0 Å². The summed E-state index contributed by atoms with van der Waals surface area (Å²) in [6.45, 7) is 2.10. The summed E-state index contributed by atoms with van der Waals surface area (Å²) in [4.78, 5) is 0. The monoisotopic (exact) mass is 421 g/mol. The Kier molecular flexibility index (Phi) is 5.88. The van der Waals surface area contributed by atoms with E-state index in [4.69, 9.17) is 16.3 Å². The Bertz CT molecular complexity index is 1130. The highest BCUT2D eigenvalue weighted by atomic mass is 35.5. The Morgan fingerprint density at radius 2 is 1.76 bits per heavy atom. The summed E-state index contributed by atoms with van der Waals surface area (Å²) in [6.07, 6.45) is 0. The number of hydrogen-bond acceptors (Lipinski definition) is 4. The minimum atomic E-state index is 0.693. The molecule has 29 heavy (non-hydrogen) atoms. The molecule has 146 valence electrons. The zero-order valence-electron chi connectivity index (χ0n) is 16.2. The van der Waals surface area contributed by atoms with E-state index in [1.54, 1.807) is 18.9 Å². The van der Waals surface area contributed by atoms with Crippen LogP contribution in [-0.4, -0.2) is 21.9 Å². The Morgan fingerprint density at radius 1 is 0.966 bits per heavy atom. The van der Waals surface area contributed by atoms with Crippen molar-refractivity contribution in [1.29, 1.82) is 0 Å². The molecule has 1 aromatic heterocycles. The van der Waals surface area contributed by atoms with Crippen LogP contribution in [0, 0.1) is 6.92 Å². The number of thioether (sulfide) groups is 1. The summed E-state index contributed by atoms with van der Waals surface area (Å²) in [7, 11) is 1.66. The van der Waals surface area contributed by atoms with E-state index in [0.717, 1.165) is 33.7 Å². The summed E-state index contributed by atoms with van der Waals surface area (Å²) in [5.41, 5.74) is 4.40. The number of aromatic nitrogens is 3. The average molecular weight is 422 g/mol. The van der Waals surface area contributed by atoms with Gasteiger partial charge in [0.25, 0.3) is 0 Å². The molecule has 0 N–H and O–H groups in total. The van der Waals surface area contributed by atoms with E-state index in [0.29, 0.717) is 5.02 Å². The molecule has 4 aromatic rings. The average Bonchev–Trinajstić information content (AvgIpc) is 3.17. The maximum Gasteiger partial charge on any atom is 0.196 e.